The molecule has 0 bridgehead atoms. The van der Waals surface area contributed by atoms with Crippen molar-refractivity contribution in [2.75, 3.05) is 19.6 Å². The molecule has 1 aliphatic rings. The van der Waals surface area contributed by atoms with Gasteiger partial charge in [0.05, 0.1) is 10.6 Å². The molecule has 7 heteroatoms. The number of thiocarbonyl (C=S) groups is 1. The largest absolute Gasteiger partial charge is 0.392 e. The van der Waals surface area contributed by atoms with E-state index < -0.39 is 5.82 Å². The van der Waals surface area contributed by atoms with Gasteiger partial charge in [0.1, 0.15) is 5.82 Å². The van der Waals surface area contributed by atoms with Crippen LogP contribution < -0.4 is 11.1 Å². The molecule has 1 saturated heterocycles. The van der Waals surface area contributed by atoms with E-state index in [1.807, 2.05) is 0 Å². The van der Waals surface area contributed by atoms with Crippen LogP contribution in [0, 0.1) is 5.82 Å². The van der Waals surface area contributed by atoms with Crippen LogP contribution >= 0.6 is 28.1 Å². The van der Waals surface area contributed by atoms with Crippen molar-refractivity contribution >= 4 is 39.0 Å². The Hall–Kier alpha value is -1.05. The minimum Gasteiger partial charge on any atom is -0.392 e. The molecule has 0 unspecified atom stereocenters. The fourth-order valence-electron chi connectivity index (χ4n) is 2.39. The zero-order valence-corrected chi connectivity index (χ0v) is 13.8. The molecule has 0 atom stereocenters. The topological polar surface area (TPSA) is 58.4 Å². The van der Waals surface area contributed by atoms with E-state index in [9.17, 15) is 9.18 Å². The third kappa shape index (κ3) is 4.72. The van der Waals surface area contributed by atoms with Crippen LogP contribution in [0.3, 0.4) is 0 Å². The van der Waals surface area contributed by atoms with Crippen LogP contribution in [0.2, 0.25) is 0 Å². The summed E-state index contributed by atoms with van der Waals surface area (Å²) in [6.45, 7) is 2.25. The lowest BCUT2D eigenvalue weighted by molar-refractivity contribution is 0.0910. The molecule has 0 saturated carbocycles. The minimum absolute atomic E-state index is 0.0541. The van der Waals surface area contributed by atoms with Crippen molar-refractivity contribution in [2.45, 2.75) is 18.9 Å². The number of nitrogens with one attached hydrogen (secondary N) is 1. The maximum atomic E-state index is 13.7. The number of carbonyl (C=O) groups excluding carboxylic acids is 1. The second-order valence-electron chi connectivity index (χ2n) is 5.11. The highest BCUT2D eigenvalue weighted by atomic mass is 79.9. The Balaban J connectivity index is 1.90. The molecule has 21 heavy (non-hydrogen) atoms. The number of nitrogens with two attached hydrogens (primary N) is 1. The van der Waals surface area contributed by atoms with Gasteiger partial charge in [-0.15, -0.1) is 0 Å². The molecule has 1 aromatic rings. The minimum atomic E-state index is -0.512. The van der Waals surface area contributed by atoms with Crippen LogP contribution in [0.25, 0.3) is 0 Å². The summed E-state index contributed by atoms with van der Waals surface area (Å²) < 4.78 is 14.3. The smallest absolute Gasteiger partial charge is 0.254 e. The van der Waals surface area contributed by atoms with Crippen molar-refractivity contribution in [3.8, 4) is 0 Å². The van der Waals surface area contributed by atoms with Crippen LogP contribution in [0.1, 0.15) is 23.2 Å². The van der Waals surface area contributed by atoms with Gasteiger partial charge in [-0.2, -0.15) is 0 Å². The van der Waals surface area contributed by atoms with Crippen molar-refractivity contribution < 1.29 is 9.18 Å². The zero-order valence-electron chi connectivity index (χ0n) is 11.4. The lowest BCUT2D eigenvalue weighted by atomic mass is 10.0. The number of carbonyl (C=O) groups is 1. The van der Waals surface area contributed by atoms with E-state index >= 15 is 0 Å². The van der Waals surface area contributed by atoms with Crippen molar-refractivity contribution in [1.82, 2.24) is 10.2 Å². The van der Waals surface area contributed by atoms with Gasteiger partial charge in [-0.25, -0.2) is 4.39 Å². The van der Waals surface area contributed by atoms with Crippen molar-refractivity contribution in [3.05, 3.63) is 34.1 Å². The molecule has 3 N–H and O–H groups in total. The SMILES string of the molecule is NC(=S)CN1CCC(NC(=O)c2cc(Br)ccc2F)CC1. The molecule has 1 heterocycles. The number of benzene rings is 1. The molecule has 0 radical (unpaired) electrons. The molecule has 114 valence electrons. The highest BCUT2D eigenvalue weighted by Crippen LogP contribution is 2.17. The fourth-order valence-corrected chi connectivity index (χ4v) is 2.93. The normalized spacial score (nSPS) is 16.7. The maximum Gasteiger partial charge on any atom is 0.254 e. The van der Waals surface area contributed by atoms with E-state index in [0.717, 1.165) is 25.9 Å². The quantitative estimate of drug-likeness (QED) is 0.793. The number of likely N-dealkylation sites (tertiary alicyclic amines) is 1. The Morgan fingerprint density at radius 3 is 2.76 bits per heavy atom. The molecule has 1 aliphatic heterocycles. The standard InChI is InChI=1S/C14H17BrFN3OS/c15-9-1-2-12(16)11(7-9)14(20)18-10-3-5-19(6-4-10)8-13(17)21/h1-2,7,10H,3-6,8H2,(H2,17,21)(H,18,20). The number of amides is 1. The monoisotopic (exact) mass is 373 g/mol. The Morgan fingerprint density at radius 1 is 1.48 bits per heavy atom. The first-order chi connectivity index (χ1) is 9.95. The first-order valence-electron chi connectivity index (χ1n) is 6.72. The van der Waals surface area contributed by atoms with Gasteiger partial charge in [0, 0.05) is 30.1 Å². The summed E-state index contributed by atoms with van der Waals surface area (Å²) in [5, 5.41) is 2.89. The van der Waals surface area contributed by atoms with Gasteiger partial charge in [-0.05, 0) is 31.0 Å². The lowest BCUT2D eigenvalue weighted by Crippen LogP contribution is -2.46. The second kappa shape index (κ2) is 7.29. The second-order valence-corrected chi connectivity index (χ2v) is 6.55. The van der Waals surface area contributed by atoms with Gasteiger partial charge in [0.2, 0.25) is 0 Å². The van der Waals surface area contributed by atoms with Crippen molar-refractivity contribution in [2.24, 2.45) is 5.73 Å². The predicted molar refractivity (Wildman–Crippen MR) is 87.8 cm³/mol. The number of piperidine rings is 1. The molecule has 4 nitrogen and oxygen atoms in total. The van der Waals surface area contributed by atoms with E-state index in [0.29, 0.717) is 16.0 Å². The summed E-state index contributed by atoms with van der Waals surface area (Å²) in [6, 6.07) is 4.40. The van der Waals surface area contributed by atoms with Crippen LogP contribution in [0.4, 0.5) is 4.39 Å². The van der Waals surface area contributed by atoms with Gasteiger partial charge in [-0.3, -0.25) is 9.69 Å². The number of hydrogen-bond donors (Lipinski definition) is 2. The summed E-state index contributed by atoms with van der Waals surface area (Å²) in [5.74, 6) is -0.886. The van der Waals surface area contributed by atoms with Gasteiger partial charge < -0.3 is 11.1 Å². The summed E-state index contributed by atoms with van der Waals surface area (Å²) in [4.78, 5) is 14.8. The van der Waals surface area contributed by atoms with E-state index in [2.05, 4.69) is 26.1 Å². The summed E-state index contributed by atoms with van der Waals surface area (Å²) in [7, 11) is 0. The molecular formula is C14H17BrFN3OS. The Morgan fingerprint density at radius 2 is 2.14 bits per heavy atom. The van der Waals surface area contributed by atoms with Gasteiger partial charge in [0.15, 0.2) is 0 Å². The summed E-state index contributed by atoms with van der Waals surface area (Å²) >= 11 is 8.13. The molecule has 0 aromatic heterocycles. The van der Waals surface area contributed by atoms with Crippen LogP contribution in [-0.4, -0.2) is 41.5 Å². The molecular weight excluding hydrogens is 357 g/mol. The Labute approximate surface area is 137 Å². The highest BCUT2D eigenvalue weighted by Gasteiger charge is 2.22. The third-order valence-corrected chi connectivity index (χ3v) is 4.10. The van der Waals surface area contributed by atoms with Crippen molar-refractivity contribution in [3.63, 3.8) is 0 Å². The highest BCUT2D eigenvalue weighted by molar-refractivity contribution is 9.10. The summed E-state index contributed by atoms with van der Waals surface area (Å²) in [6.07, 6.45) is 1.62. The first kappa shape index (κ1) is 16.3. The zero-order chi connectivity index (χ0) is 15.4. The Bertz CT molecular complexity index is 547. The predicted octanol–water partition coefficient (Wildman–Crippen LogP) is 2.07. The van der Waals surface area contributed by atoms with Gasteiger partial charge in [0.25, 0.3) is 5.91 Å². The van der Waals surface area contributed by atoms with Gasteiger partial charge in [-0.1, -0.05) is 28.1 Å². The van der Waals surface area contributed by atoms with Crippen LogP contribution in [0.15, 0.2) is 22.7 Å². The van der Waals surface area contributed by atoms with Gasteiger partial charge >= 0.3 is 0 Å². The molecule has 2 rings (SSSR count). The number of rotatable bonds is 4. The molecule has 1 aromatic carbocycles. The average Bonchev–Trinajstić information content (AvgIpc) is 2.43. The van der Waals surface area contributed by atoms with E-state index in [1.54, 1.807) is 6.07 Å². The first-order valence-corrected chi connectivity index (χ1v) is 7.92. The number of halogens is 2. The number of nitrogens with zero attached hydrogens (tertiary/aromatic N) is 1. The van der Waals surface area contributed by atoms with E-state index in [4.69, 9.17) is 18.0 Å². The molecule has 1 fully saturated rings. The average molecular weight is 374 g/mol. The van der Waals surface area contributed by atoms with Crippen LogP contribution in [-0.2, 0) is 0 Å². The fraction of sp³-hybridized carbons (Fsp3) is 0.429. The summed E-state index contributed by atoms with van der Waals surface area (Å²) in [5.41, 5.74) is 5.58. The third-order valence-electron chi connectivity index (χ3n) is 3.48. The molecule has 0 aliphatic carbocycles. The molecule has 1 amide bonds. The number of hydrogen-bond acceptors (Lipinski definition) is 3. The Kier molecular flexibility index (Phi) is 5.66. The van der Waals surface area contributed by atoms with E-state index in [-0.39, 0.29) is 17.5 Å². The molecule has 0 spiro atoms. The van der Waals surface area contributed by atoms with E-state index in [1.165, 1.54) is 12.1 Å². The lowest BCUT2D eigenvalue weighted by Gasteiger charge is -2.32. The van der Waals surface area contributed by atoms with Crippen LogP contribution in [0.5, 0.6) is 0 Å². The van der Waals surface area contributed by atoms with Crippen molar-refractivity contribution in [1.29, 1.82) is 0 Å². The maximum absolute atomic E-state index is 13.7.